The number of halogens is 2. The molecule has 8 nitrogen and oxygen atoms in total. The number of aliphatic carboxylic acids is 1. The van der Waals surface area contributed by atoms with Crippen molar-refractivity contribution < 1.29 is 28.2 Å². The number of anilines is 1. The number of aromatic nitrogens is 2. The first-order valence-corrected chi connectivity index (χ1v) is 14.8. The van der Waals surface area contributed by atoms with Crippen molar-refractivity contribution in [3.8, 4) is 5.88 Å². The second-order valence-corrected chi connectivity index (χ2v) is 11.9. The molecule has 218 valence electrons. The molecule has 3 aliphatic rings. The molecule has 2 N–H and O–H groups in total. The molecule has 1 aliphatic carbocycles. The Bertz CT molecular complexity index is 1200. The number of pyridine rings is 2. The Morgan fingerprint density at radius 1 is 1.30 bits per heavy atom. The van der Waals surface area contributed by atoms with Gasteiger partial charge in [-0.1, -0.05) is 6.07 Å². The normalized spacial score (nSPS) is 23.6. The van der Waals surface area contributed by atoms with Gasteiger partial charge in [-0.25, -0.2) is 18.7 Å². The van der Waals surface area contributed by atoms with Crippen LogP contribution in [0.25, 0.3) is 0 Å². The summed E-state index contributed by atoms with van der Waals surface area (Å²) in [7, 11) is 4.17. The van der Waals surface area contributed by atoms with Crippen LogP contribution in [0.3, 0.4) is 0 Å². The number of carbonyl (C=O) groups is 1. The van der Waals surface area contributed by atoms with Gasteiger partial charge in [-0.2, -0.15) is 0 Å². The number of unbranched alkanes of at least 4 members (excludes halogenated alkanes) is 1. The standard InChI is InChI=1S/C29H39F2N4O4P/c1-38-21-13-22(14-21)39-27-24(15-23(40)16-33-27)25(28(36)37)35-12-9-19(17-35)29(30,31)10-3-2-6-20-8-7-18-5-4-11-32-26(18)34-20/h7-8,15-16,19,21-22,25H,2-6,9-14,17,40H2,1H3,(H,32,34)(H,36,37)/t19?,21-,22-,25?. The van der Waals surface area contributed by atoms with Crippen LogP contribution in [0.4, 0.5) is 14.6 Å². The molecular weight excluding hydrogens is 537 g/mol. The highest BCUT2D eigenvalue weighted by Crippen LogP contribution is 2.41. The van der Waals surface area contributed by atoms with Crippen LogP contribution in [-0.4, -0.2) is 70.8 Å². The van der Waals surface area contributed by atoms with Crippen molar-refractivity contribution in [2.45, 2.75) is 82.0 Å². The lowest BCUT2D eigenvalue weighted by atomic mass is 9.92. The van der Waals surface area contributed by atoms with Crippen LogP contribution in [0.1, 0.15) is 67.8 Å². The van der Waals surface area contributed by atoms with Gasteiger partial charge in [0.2, 0.25) is 5.88 Å². The highest BCUT2D eigenvalue weighted by Gasteiger charge is 2.46. The van der Waals surface area contributed by atoms with E-state index in [1.807, 2.05) is 6.07 Å². The number of aryl methyl sites for hydroxylation is 2. The van der Waals surface area contributed by atoms with Gasteiger partial charge in [-0.3, -0.25) is 9.69 Å². The van der Waals surface area contributed by atoms with Crippen LogP contribution in [0.2, 0.25) is 0 Å². The maximum absolute atomic E-state index is 15.3. The van der Waals surface area contributed by atoms with E-state index in [1.54, 1.807) is 24.3 Å². The van der Waals surface area contributed by atoms with Gasteiger partial charge < -0.3 is 19.9 Å². The van der Waals surface area contributed by atoms with Gasteiger partial charge >= 0.3 is 5.97 Å². The van der Waals surface area contributed by atoms with E-state index >= 15 is 8.78 Å². The Hall–Kier alpha value is -2.42. The summed E-state index contributed by atoms with van der Waals surface area (Å²) >= 11 is 0. The third kappa shape index (κ3) is 6.72. The number of nitrogens with zero attached hydrogens (tertiary/aromatic N) is 3. The predicted octanol–water partition coefficient (Wildman–Crippen LogP) is 4.39. The Morgan fingerprint density at radius 3 is 2.90 bits per heavy atom. The van der Waals surface area contributed by atoms with Gasteiger partial charge in [0.1, 0.15) is 18.0 Å². The number of alkyl halides is 2. The van der Waals surface area contributed by atoms with Crippen molar-refractivity contribution in [3.05, 3.63) is 41.2 Å². The Balaban J connectivity index is 1.18. The number of likely N-dealkylation sites (tertiary alicyclic amines) is 1. The smallest absolute Gasteiger partial charge is 0.325 e. The lowest BCUT2D eigenvalue weighted by molar-refractivity contribution is -0.143. The first kappa shape index (κ1) is 29.1. The van der Waals surface area contributed by atoms with E-state index in [-0.39, 0.29) is 44.0 Å². The number of rotatable bonds is 12. The number of carboxylic acid groups (broad SMARTS) is 1. The number of hydrogen-bond acceptors (Lipinski definition) is 7. The molecule has 2 fully saturated rings. The van der Waals surface area contributed by atoms with Crippen LogP contribution in [0, 0.1) is 5.92 Å². The van der Waals surface area contributed by atoms with Crippen LogP contribution in [0.15, 0.2) is 24.4 Å². The first-order valence-electron chi connectivity index (χ1n) is 14.3. The molecule has 1 saturated carbocycles. The molecule has 2 aromatic rings. The van der Waals surface area contributed by atoms with Crippen molar-refractivity contribution in [1.82, 2.24) is 14.9 Å². The van der Waals surface area contributed by atoms with E-state index in [0.29, 0.717) is 43.0 Å². The van der Waals surface area contributed by atoms with Gasteiger partial charge in [0, 0.05) is 62.8 Å². The first-order chi connectivity index (χ1) is 19.2. The minimum atomic E-state index is -2.87. The lowest BCUT2D eigenvalue weighted by Gasteiger charge is -2.35. The van der Waals surface area contributed by atoms with E-state index in [9.17, 15) is 9.90 Å². The van der Waals surface area contributed by atoms with Gasteiger partial charge in [0.15, 0.2) is 0 Å². The van der Waals surface area contributed by atoms with Crippen molar-refractivity contribution >= 4 is 26.3 Å². The summed E-state index contributed by atoms with van der Waals surface area (Å²) in [5.74, 6) is -3.69. The molecule has 11 heteroatoms. The van der Waals surface area contributed by atoms with Crippen molar-refractivity contribution in [2.24, 2.45) is 5.92 Å². The minimum Gasteiger partial charge on any atom is -0.480 e. The second kappa shape index (κ2) is 12.6. The Kier molecular flexibility index (Phi) is 9.18. The summed E-state index contributed by atoms with van der Waals surface area (Å²) in [4.78, 5) is 23.1. The molecule has 0 amide bonds. The molecule has 40 heavy (non-hydrogen) atoms. The van der Waals surface area contributed by atoms with Crippen molar-refractivity contribution in [2.75, 3.05) is 32.1 Å². The summed E-state index contributed by atoms with van der Waals surface area (Å²) in [6.07, 6.45) is 6.86. The molecule has 3 unspecified atom stereocenters. The zero-order valence-electron chi connectivity index (χ0n) is 23.0. The number of hydrogen-bond donors (Lipinski definition) is 2. The number of ether oxygens (including phenoxy) is 2. The van der Waals surface area contributed by atoms with E-state index < -0.39 is 23.9 Å². The van der Waals surface area contributed by atoms with Gasteiger partial charge in [-0.15, -0.1) is 9.24 Å². The molecular formula is C29H39F2N4O4P. The van der Waals surface area contributed by atoms with Gasteiger partial charge in [0.25, 0.3) is 5.92 Å². The zero-order valence-corrected chi connectivity index (χ0v) is 24.1. The van der Waals surface area contributed by atoms with Crippen LogP contribution in [0.5, 0.6) is 5.88 Å². The molecule has 2 aliphatic heterocycles. The zero-order chi connectivity index (χ0) is 28.3. The third-order valence-corrected chi connectivity index (χ3v) is 8.73. The lowest BCUT2D eigenvalue weighted by Crippen LogP contribution is -2.40. The van der Waals surface area contributed by atoms with E-state index in [2.05, 4.69) is 30.6 Å². The summed E-state index contributed by atoms with van der Waals surface area (Å²) in [6, 6.07) is 4.70. The van der Waals surface area contributed by atoms with Gasteiger partial charge in [-0.05, 0) is 68.1 Å². The minimum absolute atomic E-state index is 0.0116. The van der Waals surface area contributed by atoms with Crippen LogP contribution >= 0.6 is 9.24 Å². The monoisotopic (exact) mass is 576 g/mol. The maximum Gasteiger partial charge on any atom is 0.325 e. The van der Waals surface area contributed by atoms with E-state index in [4.69, 9.17) is 9.47 Å². The molecule has 0 spiro atoms. The second-order valence-electron chi connectivity index (χ2n) is 11.3. The molecule has 2 aromatic heterocycles. The largest absolute Gasteiger partial charge is 0.480 e. The number of methoxy groups -OCH3 is 1. The maximum atomic E-state index is 15.3. The molecule has 4 heterocycles. The summed E-state index contributed by atoms with van der Waals surface area (Å²) in [5.41, 5.74) is 2.54. The molecule has 0 bridgehead atoms. The summed E-state index contributed by atoms with van der Waals surface area (Å²) < 4.78 is 42.0. The van der Waals surface area contributed by atoms with Gasteiger partial charge in [0.05, 0.1) is 6.10 Å². The van der Waals surface area contributed by atoms with Crippen LogP contribution < -0.4 is 15.4 Å². The molecule has 0 aromatic carbocycles. The Labute approximate surface area is 236 Å². The topological polar surface area (TPSA) is 96.8 Å². The molecule has 0 radical (unpaired) electrons. The number of nitrogens with one attached hydrogen (secondary N) is 1. The average Bonchev–Trinajstić information content (AvgIpc) is 3.40. The molecule has 3 atom stereocenters. The third-order valence-electron chi connectivity index (χ3n) is 8.42. The molecule has 5 rings (SSSR count). The fraction of sp³-hybridized carbons (Fsp3) is 0.621. The van der Waals surface area contributed by atoms with E-state index in [1.165, 1.54) is 5.56 Å². The number of carboxylic acids is 1. The van der Waals surface area contributed by atoms with E-state index in [0.717, 1.165) is 30.9 Å². The fourth-order valence-corrected chi connectivity index (χ4v) is 6.23. The SMILES string of the molecule is CO[C@H]1C[C@H](Oc2ncc(P)cc2C(C(=O)O)N2CCC(C(F)(F)CCCCc3ccc4c(n3)NCCC4)C2)C1. The highest BCUT2D eigenvalue weighted by molar-refractivity contribution is 7.27. The molecule has 1 saturated heterocycles. The average molecular weight is 577 g/mol. The van der Waals surface area contributed by atoms with Crippen molar-refractivity contribution in [1.29, 1.82) is 0 Å². The predicted molar refractivity (Wildman–Crippen MR) is 152 cm³/mol. The Morgan fingerprint density at radius 2 is 2.12 bits per heavy atom. The number of fused-ring (bicyclic) bond motifs is 1. The fourth-order valence-electron chi connectivity index (χ4n) is 5.98. The summed E-state index contributed by atoms with van der Waals surface area (Å²) in [6.45, 7) is 1.20. The van der Waals surface area contributed by atoms with Crippen LogP contribution in [-0.2, 0) is 22.4 Å². The summed E-state index contributed by atoms with van der Waals surface area (Å²) in [5, 5.41) is 14.2. The quantitative estimate of drug-likeness (QED) is 0.284. The van der Waals surface area contributed by atoms with Crippen molar-refractivity contribution in [3.63, 3.8) is 0 Å². The highest BCUT2D eigenvalue weighted by atomic mass is 31.0.